The fraction of sp³-hybridized carbons (Fsp3) is 0.455. The van der Waals surface area contributed by atoms with Crippen LogP contribution in [0.5, 0.6) is 0 Å². The van der Waals surface area contributed by atoms with Crippen LogP contribution < -0.4 is 16.6 Å². The standard InChI is InChI=1S/C11H15N3O2/c12-8-2-1-3-9(8)14-11(16)7-4-5-13-10(15)6-7/h4-6,8-9H,1-3,12H2,(H,13,15)(H,14,16). The zero-order valence-corrected chi connectivity index (χ0v) is 8.90. The molecule has 0 bridgehead atoms. The van der Waals surface area contributed by atoms with E-state index in [-0.39, 0.29) is 23.6 Å². The zero-order valence-electron chi connectivity index (χ0n) is 8.90. The first-order valence-electron chi connectivity index (χ1n) is 5.42. The number of rotatable bonds is 2. The molecule has 1 aromatic rings. The Morgan fingerprint density at radius 3 is 2.94 bits per heavy atom. The summed E-state index contributed by atoms with van der Waals surface area (Å²) in [6.07, 6.45) is 4.36. The molecule has 5 heteroatoms. The third-order valence-electron chi connectivity index (χ3n) is 2.92. The van der Waals surface area contributed by atoms with E-state index in [2.05, 4.69) is 10.3 Å². The van der Waals surface area contributed by atoms with E-state index in [0.717, 1.165) is 19.3 Å². The predicted octanol–water partition coefficient (Wildman–Crippen LogP) is -0.0155. The number of carbonyl (C=O) groups excluding carboxylic acids is 1. The summed E-state index contributed by atoms with van der Waals surface area (Å²) in [5, 5.41) is 2.86. The number of hydrogen-bond donors (Lipinski definition) is 3. The van der Waals surface area contributed by atoms with Crippen LogP contribution in [0.3, 0.4) is 0 Å². The van der Waals surface area contributed by atoms with Gasteiger partial charge >= 0.3 is 0 Å². The highest BCUT2D eigenvalue weighted by molar-refractivity contribution is 5.94. The van der Waals surface area contributed by atoms with E-state index in [1.807, 2.05) is 0 Å². The predicted molar refractivity (Wildman–Crippen MR) is 60.1 cm³/mol. The molecule has 1 aliphatic carbocycles. The van der Waals surface area contributed by atoms with Gasteiger partial charge in [-0.2, -0.15) is 0 Å². The first-order chi connectivity index (χ1) is 7.66. The van der Waals surface area contributed by atoms with E-state index in [0.29, 0.717) is 5.56 Å². The molecule has 2 rings (SSSR count). The fourth-order valence-electron chi connectivity index (χ4n) is 2.01. The van der Waals surface area contributed by atoms with Crippen molar-refractivity contribution in [1.82, 2.24) is 10.3 Å². The number of hydrogen-bond acceptors (Lipinski definition) is 3. The maximum Gasteiger partial charge on any atom is 0.251 e. The molecule has 4 N–H and O–H groups in total. The molecule has 0 saturated heterocycles. The third kappa shape index (κ3) is 2.30. The van der Waals surface area contributed by atoms with Gasteiger partial charge in [0.15, 0.2) is 0 Å². The van der Waals surface area contributed by atoms with E-state index in [1.165, 1.54) is 12.3 Å². The maximum absolute atomic E-state index is 11.8. The fourth-order valence-corrected chi connectivity index (χ4v) is 2.01. The summed E-state index contributed by atoms with van der Waals surface area (Å²) in [6.45, 7) is 0. The van der Waals surface area contributed by atoms with Gasteiger partial charge in [-0.15, -0.1) is 0 Å². The van der Waals surface area contributed by atoms with Crippen LogP contribution in [-0.2, 0) is 0 Å². The molecular formula is C11H15N3O2. The van der Waals surface area contributed by atoms with Crippen molar-refractivity contribution in [1.29, 1.82) is 0 Å². The van der Waals surface area contributed by atoms with E-state index in [1.54, 1.807) is 6.07 Å². The van der Waals surface area contributed by atoms with Crippen molar-refractivity contribution in [3.05, 3.63) is 34.2 Å². The number of pyridine rings is 1. The highest BCUT2D eigenvalue weighted by Crippen LogP contribution is 2.17. The van der Waals surface area contributed by atoms with Gasteiger partial charge in [-0.3, -0.25) is 9.59 Å². The smallest absolute Gasteiger partial charge is 0.251 e. The monoisotopic (exact) mass is 221 g/mol. The van der Waals surface area contributed by atoms with Crippen LogP contribution in [0.1, 0.15) is 29.6 Å². The molecule has 0 spiro atoms. The molecule has 1 aromatic heterocycles. The van der Waals surface area contributed by atoms with Crippen molar-refractivity contribution in [3.8, 4) is 0 Å². The Labute approximate surface area is 93.0 Å². The summed E-state index contributed by atoms with van der Waals surface area (Å²) in [6, 6.07) is 2.94. The van der Waals surface area contributed by atoms with Gasteiger partial charge in [0, 0.05) is 29.9 Å². The highest BCUT2D eigenvalue weighted by atomic mass is 16.2. The average Bonchev–Trinajstić information content (AvgIpc) is 2.64. The van der Waals surface area contributed by atoms with Gasteiger partial charge in [0.25, 0.3) is 5.91 Å². The summed E-state index contributed by atoms with van der Waals surface area (Å²) in [5.41, 5.74) is 5.96. The molecule has 2 unspecified atom stereocenters. The van der Waals surface area contributed by atoms with Gasteiger partial charge in [-0.05, 0) is 25.3 Å². The summed E-state index contributed by atoms with van der Waals surface area (Å²) in [4.78, 5) is 25.3. The summed E-state index contributed by atoms with van der Waals surface area (Å²) < 4.78 is 0. The van der Waals surface area contributed by atoms with Gasteiger partial charge in [-0.1, -0.05) is 0 Å². The third-order valence-corrected chi connectivity index (χ3v) is 2.92. The normalized spacial score (nSPS) is 24.3. The van der Waals surface area contributed by atoms with Gasteiger partial charge < -0.3 is 16.0 Å². The van der Waals surface area contributed by atoms with E-state index in [9.17, 15) is 9.59 Å². The van der Waals surface area contributed by atoms with Gasteiger partial charge in [0.1, 0.15) is 0 Å². The summed E-state index contributed by atoms with van der Waals surface area (Å²) >= 11 is 0. The quantitative estimate of drug-likeness (QED) is 0.656. The van der Waals surface area contributed by atoms with Crippen LogP contribution in [0.4, 0.5) is 0 Å². The molecule has 0 radical (unpaired) electrons. The van der Waals surface area contributed by atoms with Crippen LogP contribution >= 0.6 is 0 Å². The van der Waals surface area contributed by atoms with Crippen LogP contribution in [0, 0.1) is 0 Å². The maximum atomic E-state index is 11.8. The summed E-state index contributed by atoms with van der Waals surface area (Å²) in [7, 11) is 0. The molecule has 16 heavy (non-hydrogen) atoms. The molecular weight excluding hydrogens is 206 g/mol. The molecule has 1 heterocycles. The van der Waals surface area contributed by atoms with Crippen molar-refractivity contribution in [3.63, 3.8) is 0 Å². The van der Waals surface area contributed by atoms with Gasteiger partial charge in [-0.25, -0.2) is 0 Å². The Kier molecular flexibility index (Phi) is 3.05. The van der Waals surface area contributed by atoms with Crippen LogP contribution in [0.25, 0.3) is 0 Å². The molecule has 0 aliphatic heterocycles. The van der Waals surface area contributed by atoms with Crippen molar-refractivity contribution < 1.29 is 4.79 Å². The second-order valence-electron chi connectivity index (χ2n) is 4.12. The average molecular weight is 221 g/mol. The van der Waals surface area contributed by atoms with E-state index >= 15 is 0 Å². The number of amides is 1. The number of H-pyrrole nitrogens is 1. The first kappa shape index (κ1) is 10.9. The lowest BCUT2D eigenvalue weighted by molar-refractivity contribution is 0.0934. The molecule has 1 amide bonds. The number of carbonyl (C=O) groups is 1. The molecule has 5 nitrogen and oxygen atoms in total. The molecule has 86 valence electrons. The molecule has 1 saturated carbocycles. The van der Waals surface area contributed by atoms with E-state index < -0.39 is 0 Å². The van der Waals surface area contributed by atoms with Crippen LogP contribution in [0.15, 0.2) is 23.1 Å². The Balaban J connectivity index is 2.05. The zero-order chi connectivity index (χ0) is 11.5. The second kappa shape index (κ2) is 4.49. The van der Waals surface area contributed by atoms with Gasteiger partial charge in [0.05, 0.1) is 0 Å². The molecule has 2 atom stereocenters. The molecule has 1 aliphatic rings. The number of nitrogens with one attached hydrogen (secondary N) is 2. The lowest BCUT2D eigenvalue weighted by Crippen LogP contribution is -2.44. The summed E-state index contributed by atoms with van der Waals surface area (Å²) in [5.74, 6) is -0.228. The Bertz CT molecular complexity index is 441. The number of aromatic amines is 1. The Hall–Kier alpha value is -1.62. The molecule has 1 fully saturated rings. The minimum absolute atomic E-state index is 0.0333. The minimum Gasteiger partial charge on any atom is -0.348 e. The van der Waals surface area contributed by atoms with Gasteiger partial charge in [0.2, 0.25) is 5.56 Å². The second-order valence-corrected chi connectivity index (χ2v) is 4.12. The lowest BCUT2D eigenvalue weighted by Gasteiger charge is -2.16. The van der Waals surface area contributed by atoms with E-state index in [4.69, 9.17) is 5.73 Å². The number of aromatic nitrogens is 1. The lowest BCUT2D eigenvalue weighted by atomic mass is 10.1. The topological polar surface area (TPSA) is 88.0 Å². The highest BCUT2D eigenvalue weighted by Gasteiger charge is 2.25. The first-order valence-corrected chi connectivity index (χ1v) is 5.42. The van der Waals surface area contributed by atoms with Crippen molar-refractivity contribution in [2.45, 2.75) is 31.3 Å². The van der Waals surface area contributed by atoms with Crippen molar-refractivity contribution in [2.75, 3.05) is 0 Å². The number of nitrogens with two attached hydrogens (primary N) is 1. The van der Waals surface area contributed by atoms with Crippen LogP contribution in [-0.4, -0.2) is 23.0 Å². The Morgan fingerprint density at radius 2 is 2.31 bits per heavy atom. The SMILES string of the molecule is NC1CCCC1NC(=O)c1cc[nH]c(=O)c1. The molecule has 0 aromatic carbocycles. The minimum atomic E-state index is -0.275. The van der Waals surface area contributed by atoms with Crippen LogP contribution in [0.2, 0.25) is 0 Å². The Morgan fingerprint density at radius 1 is 1.50 bits per heavy atom. The van der Waals surface area contributed by atoms with Crippen molar-refractivity contribution >= 4 is 5.91 Å². The largest absolute Gasteiger partial charge is 0.348 e. The van der Waals surface area contributed by atoms with Crippen molar-refractivity contribution in [2.24, 2.45) is 5.73 Å².